The summed E-state index contributed by atoms with van der Waals surface area (Å²) in [5, 5.41) is 0. The summed E-state index contributed by atoms with van der Waals surface area (Å²) in [6.45, 7) is 1.88. The van der Waals surface area contributed by atoms with Crippen LogP contribution in [0, 0.1) is 6.92 Å². The van der Waals surface area contributed by atoms with Crippen LogP contribution in [-0.4, -0.2) is 20.6 Å². The van der Waals surface area contributed by atoms with Gasteiger partial charge < -0.3 is 10.5 Å². The van der Waals surface area contributed by atoms with Crippen molar-refractivity contribution in [1.82, 2.24) is 0 Å². The minimum absolute atomic E-state index is 0.216. The Labute approximate surface area is 104 Å². The van der Waals surface area contributed by atoms with Gasteiger partial charge in [0.25, 0.3) is 10.0 Å². The van der Waals surface area contributed by atoms with Crippen molar-refractivity contribution in [2.24, 2.45) is 10.1 Å². The van der Waals surface area contributed by atoms with E-state index < -0.39 is 20.9 Å². The van der Waals surface area contributed by atoms with Gasteiger partial charge in [0, 0.05) is 0 Å². The third-order valence-electron chi connectivity index (χ3n) is 2.27. The third-order valence-corrected chi connectivity index (χ3v) is 3.57. The van der Waals surface area contributed by atoms with Crippen LogP contribution in [0.15, 0.2) is 39.3 Å². The Hall–Kier alpha value is -2.15. The van der Waals surface area contributed by atoms with Crippen molar-refractivity contribution in [2.45, 2.75) is 6.92 Å². The Kier molecular flexibility index (Phi) is 2.92. The molecule has 0 spiro atoms. The maximum atomic E-state index is 11.7. The van der Waals surface area contributed by atoms with E-state index in [0.29, 0.717) is 0 Å². The second-order valence-corrected chi connectivity index (χ2v) is 5.27. The SMILES string of the molecule is Cc1ccc(OC(=O)C2=C(N)C=NS2(=O)=O)cc1. The monoisotopic (exact) mass is 266 g/mol. The van der Waals surface area contributed by atoms with Gasteiger partial charge in [-0.15, -0.1) is 0 Å². The van der Waals surface area contributed by atoms with E-state index >= 15 is 0 Å². The van der Waals surface area contributed by atoms with Crippen LogP contribution in [0.5, 0.6) is 5.75 Å². The molecule has 0 saturated heterocycles. The van der Waals surface area contributed by atoms with E-state index in [0.717, 1.165) is 11.8 Å². The predicted octanol–water partition coefficient (Wildman–Crippen LogP) is 0.485. The first kappa shape index (κ1) is 12.3. The Bertz CT molecular complexity index is 657. The minimum Gasteiger partial charge on any atom is -0.422 e. The molecule has 0 saturated carbocycles. The minimum atomic E-state index is -4.01. The van der Waals surface area contributed by atoms with Crippen molar-refractivity contribution >= 4 is 22.2 Å². The summed E-state index contributed by atoms with van der Waals surface area (Å²) in [7, 11) is -4.01. The number of esters is 1. The number of hydrogen-bond acceptors (Lipinski definition) is 5. The molecule has 1 aromatic rings. The van der Waals surface area contributed by atoms with E-state index in [1.807, 2.05) is 6.92 Å². The standard InChI is InChI=1S/C11H10N2O4S/c1-7-2-4-8(5-3-7)17-11(14)10-9(12)6-13-18(10,15)16/h2-6H,12H2,1H3. The molecule has 0 aromatic heterocycles. The zero-order valence-electron chi connectivity index (χ0n) is 9.45. The molecule has 7 heteroatoms. The topological polar surface area (TPSA) is 98.8 Å². The van der Waals surface area contributed by atoms with Crippen LogP contribution in [0.25, 0.3) is 0 Å². The number of benzene rings is 1. The smallest absolute Gasteiger partial charge is 0.359 e. The molecule has 1 heterocycles. The molecule has 2 rings (SSSR count). The van der Waals surface area contributed by atoms with Crippen molar-refractivity contribution in [3.63, 3.8) is 0 Å². The number of nitrogens with two attached hydrogens (primary N) is 1. The van der Waals surface area contributed by atoms with Crippen LogP contribution in [-0.2, 0) is 14.8 Å². The highest BCUT2D eigenvalue weighted by Gasteiger charge is 2.33. The van der Waals surface area contributed by atoms with Gasteiger partial charge in [0.15, 0.2) is 4.91 Å². The summed E-state index contributed by atoms with van der Waals surface area (Å²) >= 11 is 0. The lowest BCUT2D eigenvalue weighted by Gasteiger charge is -2.05. The Balaban J connectivity index is 2.25. The molecule has 0 aliphatic carbocycles. The summed E-state index contributed by atoms with van der Waals surface area (Å²) in [4.78, 5) is 11.1. The molecule has 0 atom stereocenters. The number of aryl methyl sites for hydroxylation is 1. The van der Waals surface area contributed by atoms with Crippen molar-refractivity contribution in [3.05, 3.63) is 40.4 Å². The van der Waals surface area contributed by atoms with Gasteiger partial charge in [0.1, 0.15) is 5.75 Å². The van der Waals surface area contributed by atoms with Gasteiger partial charge in [-0.3, -0.25) is 0 Å². The van der Waals surface area contributed by atoms with Gasteiger partial charge in [-0.1, -0.05) is 17.7 Å². The zero-order valence-corrected chi connectivity index (χ0v) is 10.3. The lowest BCUT2D eigenvalue weighted by molar-refractivity contribution is -0.129. The average molecular weight is 266 g/mol. The van der Waals surface area contributed by atoms with Crippen molar-refractivity contribution < 1.29 is 17.9 Å². The maximum Gasteiger partial charge on any atom is 0.359 e. The van der Waals surface area contributed by atoms with Gasteiger partial charge in [0.05, 0.1) is 11.9 Å². The molecule has 0 amide bonds. The number of carbonyl (C=O) groups excluding carboxylic acids is 1. The molecule has 18 heavy (non-hydrogen) atoms. The zero-order chi connectivity index (χ0) is 13.3. The number of carbonyl (C=O) groups is 1. The average Bonchev–Trinajstić information content (AvgIpc) is 2.56. The van der Waals surface area contributed by atoms with Gasteiger partial charge in [-0.25, -0.2) is 4.79 Å². The first-order valence-corrected chi connectivity index (χ1v) is 6.43. The first-order chi connectivity index (χ1) is 8.40. The fourth-order valence-electron chi connectivity index (χ4n) is 1.37. The summed E-state index contributed by atoms with van der Waals surface area (Å²) in [5.74, 6) is -0.790. The fourth-order valence-corrected chi connectivity index (χ4v) is 2.33. The van der Waals surface area contributed by atoms with Gasteiger partial charge in [-0.2, -0.15) is 12.8 Å². The summed E-state index contributed by atoms with van der Waals surface area (Å²) in [6.07, 6.45) is 0.918. The number of allylic oxidation sites excluding steroid dienone is 1. The van der Waals surface area contributed by atoms with Gasteiger partial charge in [0.2, 0.25) is 0 Å². The second kappa shape index (κ2) is 4.26. The quantitative estimate of drug-likeness (QED) is 0.620. The van der Waals surface area contributed by atoms with Crippen molar-refractivity contribution in [3.8, 4) is 5.75 Å². The number of rotatable bonds is 2. The van der Waals surface area contributed by atoms with E-state index in [-0.39, 0.29) is 11.4 Å². The molecule has 1 aliphatic heterocycles. The van der Waals surface area contributed by atoms with E-state index in [9.17, 15) is 13.2 Å². The number of ether oxygens (including phenoxy) is 1. The van der Waals surface area contributed by atoms with E-state index in [2.05, 4.69) is 4.40 Å². The van der Waals surface area contributed by atoms with E-state index in [1.54, 1.807) is 24.3 Å². The highest BCUT2D eigenvalue weighted by molar-refractivity contribution is 7.95. The molecule has 0 unspecified atom stereocenters. The predicted molar refractivity (Wildman–Crippen MR) is 65.4 cm³/mol. The Morgan fingerprint density at radius 3 is 2.39 bits per heavy atom. The number of sulfonamides is 1. The van der Waals surface area contributed by atoms with E-state index in [4.69, 9.17) is 10.5 Å². The molecule has 1 aromatic carbocycles. The molecule has 2 N–H and O–H groups in total. The highest BCUT2D eigenvalue weighted by Crippen LogP contribution is 2.20. The van der Waals surface area contributed by atoms with Crippen molar-refractivity contribution in [1.29, 1.82) is 0 Å². The molecule has 0 bridgehead atoms. The Morgan fingerprint density at radius 1 is 1.28 bits per heavy atom. The van der Waals surface area contributed by atoms with Crippen LogP contribution >= 0.6 is 0 Å². The largest absolute Gasteiger partial charge is 0.422 e. The fraction of sp³-hybridized carbons (Fsp3) is 0.0909. The Morgan fingerprint density at radius 2 is 1.89 bits per heavy atom. The second-order valence-electron chi connectivity index (χ2n) is 3.70. The van der Waals surface area contributed by atoms with Crippen LogP contribution in [0.4, 0.5) is 0 Å². The van der Waals surface area contributed by atoms with Crippen molar-refractivity contribution in [2.75, 3.05) is 0 Å². The first-order valence-electron chi connectivity index (χ1n) is 4.99. The molecular weight excluding hydrogens is 256 g/mol. The lowest BCUT2D eigenvalue weighted by atomic mass is 10.2. The number of hydrogen-bond donors (Lipinski definition) is 1. The lowest BCUT2D eigenvalue weighted by Crippen LogP contribution is -2.19. The summed E-state index contributed by atoms with van der Waals surface area (Å²) < 4.78 is 30.9. The number of nitrogens with zero attached hydrogens (tertiary/aromatic N) is 1. The molecule has 1 aliphatic rings. The van der Waals surface area contributed by atoms with Crippen LogP contribution in [0.1, 0.15) is 5.56 Å². The molecule has 0 radical (unpaired) electrons. The highest BCUT2D eigenvalue weighted by atomic mass is 32.2. The molecule has 0 fully saturated rings. The van der Waals surface area contributed by atoms with E-state index in [1.165, 1.54) is 0 Å². The normalized spacial score (nSPS) is 16.9. The van der Waals surface area contributed by atoms with Crippen LogP contribution in [0.2, 0.25) is 0 Å². The maximum absolute atomic E-state index is 11.7. The molecule has 6 nitrogen and oxygen atoms in total. The van der Waals surface area contributed by atoms with Gasteiger partial charge in [-0.05, 0) is 19.1 Å². The molecule has 94 valence electrons. The summed E-state index contributed by atoms with van der Waals surface area (Å²) in [6, 6.07) is 6.60. The van der Waals surface area contributed by atoms with Crippen LogP contribution in [0.3, 0.4) is 0 Å². The molecular formula is C11H10N2O4S. The summed E-state index contributed by atoms with van der Waals surface area (Å²) in [5.41, 5.74) is 6.16. The van der Waals surface area contributed by atoms with Crippen LogP contribution < -0.4 is 10.5 Å². The van der Waals surface area contributed by atoms with Gasteiger partial charge >= 0.3 is 5.97 Å². The third kappa shape index (κ3) is 2.25.